The number of carboxylic acid groups (broad SMARTS) is 1. The van der Waals surface area contributed by atoms with Crippen molar-refractivity contribution in [2.24, 2.45) is 5.41 Å². The van der Waals surface area contributed by atoms with Crippen LogP contribution in [0.25, 0.3) is 0 Å². The molecule has 27 heavy (non-hydrogen) atoms. The van der Waals surface area contributed by atoms with Crippen LogP contribution < -0.4 is 4.72 Å². The molecule has 6 heteroatoms. The normalized spacial score (nSPS) is 25.5. The van der Waals surface area contributed by atoms with Crippen molar-refractivity contribution >= 4 is 17.5 Å². The average Bonchev–Trinajstić information content (AvgIpc) is 3.41. The molecule has 148 valence electrons. The van der Waals surface area contributed by atoms with Gasteiger partial charge in [-0.1, -0.05) is 18.2 Å². The van der Waals surface area contributed by atoms with E-state index in [1.54, 1.807) is 0 Å². The highest BCUT2D eigenvalue weighted by Crippen LogP contribution is 2.54. The van der Waals surface area contributed by atoms with E-state index < -0.39 is 17.5 Å². The molecule has 1 heterocycles. The number of hydrogen-bond donors (Lipinski definition) is 2. The maximum Gasteiger partial charge on any atom is 0.407 e. The van der Waals surface area contributed by atoms with Crippen LogP contribution in [0.4, 0.5) is 4.79 Å². The van der Waals surface area contributed by atoms with Crippen molar-refractivity contribution in [1.82, 2.24) is 9.62 Å². The molecule has 1 aromatic rings. The van der Waals surface area contributed by atoms with Gasteiger partial charge in [-0.25, -0.2) is 4.79 Å². The Morgan fingerprint density at radius 2 is 1.96 bits per heavy atom. The highest BCUT2D eigenvalue weighted by atomic mass is 32.2. The monoisotopic (exact) mass is 390 g/mol. The summed E-state index contributed by atoms with van der Waals surface area (Å²) in [5.74, 6) is 0.689. The minimum atomic E-state index is -1.16. The molecule has 0 bridgehead atoms. The van der Waals surface area contributed by atoms with Crippen molar-refractivity contribution in [3.8, 4) is 0 Å². The van der Waals surface area contributed by atoms with Crippen LogP contribution in [0.3, 0.4) is 0 Å². The first-order chi connectivity index (χ1) is 12.7. The van der Waals surface area contributed by atoms with Gasteiger partial charge in [-0.3, -0.25) is 0 Å². The molecular formula is C21H30N2O3S. The molecule has 0 radical (unpaired) electrons. The summed E-state index contributed by atoms with van der Waals surface area (Å²) < 4.78 is 16.1. The van der Waals surface area contributed by atoms with Gasteiger partial charge in [0.05, 0.1) is 6.04 Å². The van der Waals surface area contributed by atoms with Gasteiger partial charge >= 0.3 is 6.09 Å². The lowest BCUT2D eigenvalue weighted by Gasteiger charge is -2.43. The quantitative estimate of drug-likeness (QED) is 0.766. The van der Waals surface area contributed by atoms with Crippen molar-refractivity contribution < 1.29 is 14.5 Å². The lowest BCUT2D eigenvalue weighted by molar-refractivity contribution is 0.0764. The van der Waals surface area contributed by atoms with E-state index in [2.05, 4.69) is 22.9 Å². The molecule has 1 amide bonds. The Hall–Kier alpha value is -1.24. The van der Waals surface area contributed by atoms with Crippen LogP contribution in [0, 0.1) is 5.41 Å². The Morgan fingerprint density at radius 3 is 2.52 bits per heavy atom. The molecule has 0 aromatic heterocycles. The van der Waals surface area contributed by atoms with Gasteiger partial charge in [0.25, 0.3) is 0 Å². The van der Waals surface area contributed by atoms with Gasteiger partial charge in [0, 0.05) is 29.9 Å². The molecule has 2 atom stereocenters. The van der Waals surface area contributed by atoms with Gasteiger partial charge in [-0.2, -0.15) is 0 Å². The summed E-state index contributed by atoms with van der Waals surface area (Å²) >= 11 is -1.16. The first kappa shape index (κ1) is 19.1. The Bertz CT molecular complexity index is 733. The summed E-state index contributed by atoms with van der Waals surface area (Å²) in [6.45, 7) is 7.09. The average molecular weight is 391 g/mol. The fourth-order valence-electron chi connectivity index (χ4n) is 4.61. The number of benzene rings is 1. The lowest BCUT2D eigenvalue weighted by Crippen LogP contribution is -2.50. The highest BCUT2D eigenvalue weighted by molar-refractivity contribution is 7.90. The molecule has 5 nitrogen and oxygen atoms in total. The number of rotatable bonds is 3. The zero-order chi connectivity index (χ0) is 19.4. The predicted molar refractivity (Wildman–Crippen MR) is 107 cm³/mol. The lowest BCUT2D eigenvalue weighted by atomic mass is 9.73. The van der Waals surface area contributed by atoms with Crippen LogP contribution in [-0.4, -0.2) is 38.5 Å². The predicted octanol–water partition coefficient (Wildman–Crippen LogP) is 3.97. The van der Waals surface area contributed by atoms with E-state index in [4.69, 9.17) is 0 Å². The van der Waals surface area contributed by atoms with Crippen LogP contribution in [0.2, 0.25) is 0 Å². The van der Waals surface area contributed by atoms with Gasteiger partial charge in [0.1, 0.15) is 4.75 Å². The Labute approximate surface area is 164 Å². The Balaban J connectivity index is 1.65. The largest absolute Gasteiger partial charge is 0.598 e. The first-order valence-corrected chi connectivity index (χ1v) is 11.1. The molecule has 1 unspecified atom stereocenters. The summed E-state index contributed by atoms with van der Waals surface area (Å²) in [6.07, 6.45) is 4.27. The highest BCUT2D eigenvalue weighted by Gasteiger charge is 2.51. The number of carbonyl (C=O) groups is 1. The second-order valence-electron chi connectivity index (χ2n) is 9.47. The summed E-state index contributed by atoms with van der Waals surface area (Å²) in [5, 5.41) is 9.33. The smallest absolute Gasteiger partial charge is 0.407 e. The Kier molecular flexibility index (Phi) is 4.72. The molecule has 1 spiro atoms. The van der Waals surface area contributed by atoms with Gasteiger partial charge in [0.2, 0.25) is 0 Å². The van der Waals surface area contributed by atoms with E-state index in [1.807, 2.05) is 20.8 Å². The molecule has 1 aromatic carbocycles. The summed E-state index contributed by atoms with van der Waals surface area (Å²) in [6, 6.07) is 6.89. The van der Waals surface area contributed by atoms with Crippen molar-refractivity contribution in [1.29, 1.82) is 0 Å². The molecule has 1 saturated carbocycles. The summed E-state index contributed by atoms with van der Waals surface area (Å²) in [4.78, 5) is 12.9. The van der Waals surface area contributed by atoms with Gasteiger partial charge in [0.15, 0.2) is 0 Å². The fourth-order valence-corrected chi connectivity index (χ4v) is 5.55. The maximum atomic E-state index is 13.0. The third kappa shape index (κ3) is 3.59. The molecule has 2 N–H and O–H groups in total. The van der Waals surface area contributed by atoms with Crippen LogP contribution in [0.1, 0.15) is 75.1 Å². The van der Waals surface area contributed by atoms with Crippen LogP contribution in [0.5, 0.6) is 0 Å². The van der Waals surface area contributed by atoms with Crippen molar-refractivity contribution in [2.45, 2.75) is 69.6 Å². The third-order valence-electron chi connectivity index (χ3n) is 6.50. The minimum absolute atomic E-state index is 0.0298. The summed E-state index contributed by atoms with van der Waals surface area (Å²) in [7, 11) is 0. The number of amides is 1. The molecular weight excluding hydrogens is 360 g/mol. The zero-order valence-electron chi connectivity index (χ0n) is 16.5. The molecule has 3 aliphatic rings. The first-order valence-electron chi connectivity index (χ1n) is 9.98. The fraction of sp³-hybridized carbons (Fsp3) is 0.667. The van der Waals surface area contributed by atoms with E-state index in [0.717, 1.165) is 19.3 Å². The number of nitrogens with zero attached hydrogens (tertiary/aromatic N) is 1. The summed E-state index contributed by atoms with van der Waals surface area (Å²) in [5.41, 5.74) is 3.99. The molecule has 2 aliphatic carbocycles. The van der Waals surface area contributed by atoms with Crippen LogP contribution in [-0.2, 0) is 17.8 Å². The van der Waals surface area contributed by atoms with E-state index in [-0.39, 0.29) is 16.2 Å². The number of fused-ring (bicyclic) bond motifs is 1. The Morgan fingerprint density at radius 1 is 1.30 bits per heavy atom. The maximum absolute atomic E-state index is 13.0. The van der Waals surface area contributed by atoms with Crippen LogP contribution >= 0.6 is 0 Å². The van der Waals surface area contributed by atoms with E-state index >= 15 is 0 Å². The topological polar surface area (TPSA) is 75.6 Å². The number of hydrogen-bond acceptors (Lipinski definition) is 3. The van der Waals surface area contributed by atoms with Gasteiger partial charge in [-0.15, -0.1) is 4.72 Å². The van der Waals surface area contributed by atoms with E-state index in [1.165, 1.54) is 34.4 Å². The molecule has 1 saturated heterocycles. The van der Waals surface area contributed by atoms with E-state index in [0.29, 0.717) is 19.0 Å². The number of piperidine rings is 1. The van der Waals surface area contributed by atoms with Gasteiger partial charge < -0.3 is 14.6 Å². The van der Waals surface area contributed by atoms with Gasteiger partial charge in [-0.05, 0) is 75.5 Å². The standard InChI is InChI=1S/C21H30N2O3S/c1-20(2,3)27(26)22-18-17-12-15(14-4-5-14)6-7-16(17)13-21(18)8-10-23(11-9-21)19(24)25/h6-7,12,14,18,22H,4-5,8-11,13H2,1-3H3,(H,24,25)/t18-,27?/m1/s1. The van der Waals surface area contributed by atoms with Crippen molar-refractivity contribution in [2.75, 3.05) is 13.1 Å². The SMILES string of the molecule is CC(C)(C)[S+]([O-])N[C@@H]1c2cc(C3CC3)ccc2CC12CCN(C(=O)O)CC2. The number of likely N-dealkylation sites (tertiary alicyclic amines) is 1. The van der Waals surface area contributed by atoms with Crippen LogP contribution in [0.15, 0.2) is 18.2 Å². The molecule has 4 rings (SSSR count). The van der Waals surface area contributed by atoms with E-state index in [9.17, 15) is 14.5 Å². The second kappa shape index (κ2) is 6.68. The van der Waals surface area contributed by atoms with Crippen molar-refractivity contribution in [3.05, 3.63) is 34.9 Å². The van der Waals surface area contributed by atoms with Crippen molar-refractivity contribution in [3.63, 3.8) is 0 Å². The second-order valence-corrected chi connectivity index (χ2v) is 11.5. The third-order valence-corrected chi connectivity index (χ3v) is 8.06. The minimum Gasteiger partial charge on any atom is -0.598 e. The molecule has 1 aliphatic heterocycles. The molecule has 2 fully saturated rings. The number of nitrogens with one attached hydrogen (secondary N) is 1. The zero-order valence-corrected chi connectivity index (χ0v) is 17.3.